The number of nitrogens with zero attached hydrogens (tertiary/aromatic N) is 1. The third kappa shape index (κ3) is 4.55. The molecule has 33 heavy (non-hydrogen) atoms. The van der Waals surface area contributed by atoms with Gasteiger partial charge in [-0.1, -0.05) is 11.6 Å². The molecule has 7 heteroatoms. The van der Waals surface area contributed by atoms with E-state index in [9.17, 15) is 14.3 Å². The van der Waals surface area contributed by atoms with Crippen molar-refractivity contribution in [3.8, 4) is 17.2 Å². The fourth-order valence-corrected chi connectivity index (χ4v) is 4.61. The lowest BCUT2D eigenvalue weighted by molar-refractivity contribution is -0.148. The molecule has 0 saturated carbocycles. The quantitative estimate of drug-likeness (QED) is 0.702. The number of carboxylic acids is 1. The van der Waals surface area contributed by atoms with E-state index in [2.05, 4.69) is 4.90 Å². The van der Waals surface area contributed by atoms with Crippen LogP contribution in [0.1, 0.15) is 43.4 Å². The van der Waals surface area contributed by atoms with Gasteiger partial charge in [0.1, 0.15) is 18.1 Å². The number of likely N-dealkylation sites (tertiary alicyclic amines) is 1. The van der Waals surface area contributed by atoms with Crippen molar-refractivity contribution in [2.24, 2.45) is 5.41 Å². The van der Waals surface area contributed by atoms with Crippen LogP contribution in [0, 0.1) is 11.2 Å². The van der Waals surface area contributed by atoms with Crippen molar-refractivity contribution in [1.82, 2.24) is 4.90 Å². The van der Waals surface area contributed by atoms with Crippen LogP contribution in [0.25, 0.3) is 5.57 Å². The van der Waals surface area contributed by atoms with Gasteiger partial charge in [0.2, 0.25) is 0 Å². The smallest absolute Gasteiger partial charge is 0.310 e. The summed E-state index contributed by atoms with van der Waals surface area (Å²) < 4.78 is 31.2. The number of halogens is 1. The maximum absolute atomic E-state index is 14.5. The Labute approximate surface area is 193 Å². The van der Waals surface area contributed by atoms with Crippen LogP contribution in [0.3, 0.4) is 0 Å². The third-order valence-corrected chi connectivity index (χ3v) is 6.50. The Bertz CT molecular complexity index is 1100. The van der Waals surface area contributed by atoms with Gasteiger partial charge < -0.3 is 24.2 Å². The first kappa shape index (κ1) is 23.1. The molecule has 0 unspecified atom stereocenters. The van der Waals surface area contributed by atoms with Crippen molar-refractivity contribution in [3.63, 3.8) is 0 Å². The molecule has 0 aliphatic carbocycles. The van der Waals surface area contributed by atoms with E-state index >= 15 is 0 Å². The van der Waals surface area contributed by atoms with Crippen LogP contribution in [0.5, 0.6) is 17.2 Å². The number of piperidine rings is 1. The summed E-state index contributed by atoms with van der Waals surface area (Å²) in [6.07, 6.45) is 1.57. The summed E-state index contributed by atoms with van der Waals surface area (Å²) in [4.78, 5) is 13.8. The van der Waals surface area contributed by atoms with E-state index in [1.165, 1.54) is 18.7 Å². The van der Waals surface area contributed by atoms with Crippen LogP contribution < -0.4 is 14.2 Å². The van der Waals surface area contributed by atoms with E-state index in [0.29, 0.717) is 18.9 Å². The Morgan fingerprint density at radius 1 is 1.12 bits per heavy atom. The summed E-state index contributed by atoms with van der Waals surface area (Å²) in [5.41, 5.74) is 4.30. The highest BCUT2D eigenvalue weighted by Gasteiger charge is 2.32. The summed E-state index contributed by atoms with van der Waals surface area (Å²) in [7, 11) is 3.08. The van der Waals surface area contributed by atoms with Crippen LogP contribution in [-0.4, -0.2) is 49.8 Å². The lowest BCUT2D eigenvalue weighted by Gasteiger charge is -2.34. The van der Waals surface area contributed by atoms with Crippen molar-refractivity contribution in [3.05, 3.63) is 58.4 Å². The standard InChI is InChI=1S/C26H30FNO5/c1-26(2,25(29)30)15-28-9-7-16(8-10-28)24-19-6-5-18(31-3)11-17(19)14-33-22-13-21(27)23(32-4)12-20(22)24/h5-6,11-13H,7-10,14-15H2,1-4H3,(H,29,30). The molecule has 176 valence electrons. The lowest BCUT2D eigenvalue weighted by Crippen LogP contribution is -2.42. The monoisotopic (exact) mass is 455 g/mol. The molecule has 0 aromatic heterocycles. The van der Waals surface area contributed by atoms with Crippen molar-refractivity contribution in [2.75, 3.05) is 33.9 Å². The fourth-order valence-electron chi connectivity index (χ4n) is 4.61. The molecule has 0 radical (unpaired) electrons. The molecule has 1 saturated heterocycles. The highest BCUT2D eigenvalue weighted by molar-refractivity contribution is 5.88. The second-order valence-electron chi connectivity index (χ2n) is 9.24. The van der Waals surface area contributed by atoms with E-state index < -0.39 is 17.2 Å². The topological polar surface area (TPSA) is 68.2 Å². The number of hydrogen-bond donors (Lipinski definition) is 1. The molecule has 2 aliphatic rings. The summed E-state index contributed by atoms with van der Waals surface area (Å²) in [6, 6.07) is 9.02. The van der Waals surface area contributed by atoms with Crippen LogP contribution in [0.15, 0.2) is 35.9 Å². The molecule has 0 atom stereocenters. The Hall–Kier alpha value is -3.06. The molecule has 1 fully saturated rings. The normalized spacial score (nSPS) is 16.4. The molecule has 6 nitrogen and oxygen atoms in total. The van der Waals surface area contributed by atoms with Crippen molar-refractivity contribution >= 4 is 11.5 Å². The Morgan fingerprint density at radius 3 is 2.48 bits per heavy atom. The zero-order valence-electron chi connectivity index (χ0n) is 19.5. The van der Waals surface area contributed by atoms with Gasteiger partial charge in [-0.2, -0.15) is 0 Å². The first-order valence-corrected chi connectivity index (χ1v) is 11.1. The van der Waals surface area contributed by atoms with E-state index in [0.717, 1.165) is 53.9 Å². The van der Waals surface area contributed by atoms with Gasteiger partial charge in [-0.25, -0.2) is 4.39 Å². The summed E-state index contributed by atoms with van der Waals surface area (Å²) in [6.45, 7) is 5.84. The summed E-state index contributed by atoms with van der Waals surface area (Å²) in [5, 5.41) is 9.49. The SMILES string of the molecule is COc1ccc2c(c1)COc1cc(F)c(OC)cc1C2=C1CCN(CC(C)(C)C(=O)O)CC1. The fraction of sp³-hybridized carbons (Fsp3) is 0.423. The first-order chi connectivity index (χ1) is 15.7. The van der Waals surface area contributed by atoms with Crippen molar-refractivity contribution in [1.29, 1.82) is 0 Å². The average Bonchev–Trinajstić information content (AvgIpc) is 2.94. The Kier molecular flexibility index (Phi) is 6.34. The van der Waals surface area contributed by atoms with Crippen LogP contribution in [-0.2, 0) is 11.4 Å². The minimum Gasteiger partial charge on any atom is -0.497 e. The summed E-state index contributed by atoms with van der Waals surface area (Å²) >= 11 is 0. The highest BCUT2D eigenvalue weighted by atomic mass is 19.1. The maximum atomic E-state index is 14.5. The van der Waals surface area contributed by atoms with E-state index in [1.54, 1.807) is 27.0 Å². The Morgan fingerprint density at radius 2 is 1.85 bits per heavy atom. The van der Waals surface area contributed by atoms with Crippen LogP contribution >= 0.6 is 0 Å². The lowest BCUT2D eigenvalue weighted by atomic mass is 9.85. The van der Waals surface area contributed by atoms with Gasteiger partial charge in [0.15, 0.2) is 11.6 Å². The van der Waals surface area contributed by atoms with E-state index in [1.807, 2.05) is 18.2 Å². The summed E-state index contributed by atoms with van der Waals surface area (Å²) in [5.74, 6) is 0.143. The van der Waals surface area contributed by atoms with Gasteiger partial charge in [0.05, 0.1) is 19.6 Å². The van der Waals surface area contributed by atoms with Gasteiger partial charge in [-0.15, -0.1) is 0 Å². The predicted molar refractivity (Wildman–Crippen MR) is 123 cm³/mol. The molecule has 0 spiro atoms. The molecule has 2 aromatic rings. The van der Waals surface area contributed by atoms with Gasteiger partial charge in [-0.05, 0) is 56.0 Å². The van der Waals surface area contributed by atoms with Crippen molar-refractivity contribution in [2.45, 2.75) is 33.3 Å². The van der Waals surface area contributed by atoms with Crippen molar-refractivity contribution < 1.29 is 28.5 Å². The average molecular weight is 456 g/mol. The molecule has 4 rings (SSSR count). The number of carbonyl (C=O) groups is 1. The molecular weight excluding hydrogens is 425 g/mol. The second kappa shape index (κ2) is 9.06. The minimum atomic E-state index is -0.804. The number of carboxylic acid groups (broad SMARTS) is 1. The molecule has 2 aromatic carbocycles. The number of ether oxygens (including phenoxy) is 3. The molecule has 1 N–H and O–H groups in total. The maximum Gasteiger partial charge on any atom is 0.310 e. The predicted octanol–water partition coefficient (Wildman–Crippen LogP) is 4.74. The number of aliphatic carboxylic acids is 1. The number of benzene rings is 2. The molecule has 0 bridgehead atoms. The zero-order chi connectivity index (χ0) is 23.8. The highest BCUT2D eigenvalue weighted by Crippen LogP contribution is 2.44. The molecule has 0 amide bonds. The number of hydrogen-bond acceptors (Lipinski definition) is 5. The van der Waals surface area contributed by atoms with Gasteiger partial charge in [-0.3, -0.25) is 4.79 Å². The minimum absolute atomic E-state index is 0.174. The molecule has 2 aliphatic heterocycles. The first-order valence-electron chi connectivity index (χ1n) is 11.1. The number of rotatable bonds is 5. The largest absolute Gasteiger partial charge is 0.497 e. The zero-order valence-corrected chi connectivity index (χ0v) is 19.5. The molecule has 2 heterocycles. The van der Waals surface area contributed by atoms with E-state index in [4.69, 9.17) is 14.2 Å². The van der Waals surface area contributed by atoms with E-state index in [-0.39, 0.29) is 5.75 Å². The molecular formula is C26H30FNO5. The van der Waals surface area contributed by atoms with Crippen LogP contribution in [0.2, 0.25) is 0 Å². The number of methoxy groups -OCH3 is 2. The number of fused-ring (bicyclic) bond motifs is 2. The third-order valence-electron chi connectivity index (χ3n) is 6.50. The van der Waals surface area contributed by atoms with Gasteiger partial charge in [0.25, 0.3) is 0 Å². The second-order valence-corrected chi connectivity index (χ2v) is 9.24. The van der Waals surface area contributed by atoms with Gasteiger partial charge >= 0.3 is 5.97 Å². The Balaban J connectivity index is 1.77. The van der Waals surface area contributed by atoms with Gasteiger partial charge in [0, 0.05) is 36.8 Å². The van der Waals surface area contributed by atoms with Crippen LogP contribution in [0.4, 0.5) is 4.39 Å².